The lowest BCUT2D eigenvalue weighted by molar-refractivity contribution is -0.0143. The molecule has 3 heteroatoms. The zero-order valence-electron chi connectivity index (χ0n) is 11.7. The van der Waals surface area contributed by atoms with Crippen molar-refractivity contribution in [2.24, 2.45) is 11.3 Å². The smallest absolute Gasteiger partial charge is 0.0694 e. The number of methoxy groups -OCH3 is 1. The van der Waals surface area contributed by atoms with Gasteiger partial charge in [-0.3, -0.25) is 0 Å². The van der Waals surface area contributed by atoms with Crippen LogP contribution in [0.5, 0.6) is 0 Å². The van der Waals surface area contributed by atoms with Crippen LogP contribution in [0.2, 0.25) is 0 Å². The van der Waals surface area contributed by atoms with Gasteiger partial charge < -0.3 is 14.8 Å². The van der Waals surface area contributed by atoms with Crippen LogP contribution in [0.4, 0.5) is 0 Å². The maximum absolute atomic E-state index is 5.99. The zero-order valence-corrected chi connectivity index (χ0v) is 11.7. The van der Waals surface area contributed by atoms with Gasteiger partial charge in [0.2, 0.25) is 0 Å². The largest absolute Gasteiger partial charge is 0.384 e. The Morgan fingerprint density at radius 3 is 2.59 bits per heavy atom. The molecule has 2 unspecified atom stereocenters. The second kappa shape index (κ2) is 4.87. The summed E-state index contributed by atoms with van der Waals surface area (Å²) in [5, 5.41) is 3.64. The number of rotatable bonds is 5. The van der Waals surface area contributed by atoms with Crippen LogP contribution in [0, 0.1) is 11.3 Å². The zero-order chi connectivity index (χ0) is 12.5. The molecule has 2 aliphatic rings. The van der Waals surface area contributed by atoms with Gasteiger partial charge in [0, 0.05) is 31.2 Å². The van der Waals surface area contributed by atoms with E-state index < -0.39 is 0 Å². The highest BCUT2D eigenvalue weighted by molar-refractivity contribution is 5.01. The highest BCUT2D eigenvalue weighted by atomic mass is 16.5. The number of hydrogen-bond donors (Lipinski definition) is 1. The Kier molecular flexibility index (Phi) is 3.81. The van der Waals surface area contributed by atoms with Gasteiger partial charge in [-0.15, -0.1) is 0 Å². The fraction of sp³-hybridized carbons (Fsp3) is 1.00. The third-order valence-corrected chi connectivity index (χ3v) is 3.95. The lowest BCUT2D eigenvalue weighted by Crippen LogP contribution is -2.50. The molecule has 3 nitrogen and oxygen atoms in total. The molecule has 0 amide bonds. The predicted octanol–water partition coefficient (Wildman–Crippen LogP) is 2.21. The van der Waals surface area contributed by atoms with E-state index in [4.69, 9.17) is 9.47 Å². The molecule has 1 saturated heterocycles. The van der Waals surface area contributed by atoms with Gasteiger partial charge in [-0.2, -0.15) is 0 Å². The van der Waals surface area contributed by atoms with Crippen molar-refractivity contribution >= 4 is 0 Å². The molecule has 2 fully saturated rings. The van der Waals surface area contributed by atoms with Gasteiger partial charge in [-0.1, -0.05) is 0 Å². The average Bonchev–Trinajstić information content (AvgIpc) is 2.98. The Balaban J connectivity index is 2.02. The standard InChI is InChI=1S/C14H27NO2/c1-13(2,3)15-9-14(10-16-4)7-8-17-12(14)11-5-6-11/h11-12,15H,5-10H2,1-4H3. The first kappa shape index (κ1) is 13.3. The number of hydrogen-bond acceptors (Lipinski definition) is 3. The highest BCUT2D eigenvalue weighted by Crippen LogP contribution is 2.47. The molecule has 0 aromatic heterocycles. The molecule has 0 radical (unpaired) electrons. The summed E-state index contributed by atoms with van der Waals surface area (Å²) in [5.74, 6) is 0.786. The van der Waals surface area contributed by atoms with Crippen LogP contribution in [-0.4, -0.2) is 38.5 Å². The van der Waals surface area contributed by atoms with E-state index in [0.717, 1.165) is 32.1 Å². The first-order valence-corrected chi connectivity index (χ1v) is 6.82. The Morgan fingerprint density at radius 2 is 2.06 bits per heavy atom. The van der Waals surface area contributed by atoms with Gasteiger partial charge in [0.1, 0.15) is 0 Å². The van der Waals surface area contributed by atoms with Gasteiger partial charge in [0.25, 0.3) is 0 Å². The molecular formula is C14H27NO2. The number of ether oxygens (including phenoxy) is 2. The van der Waals surface area contributed by atoms with Gasteiger partial charge in [-0.05, 0) is 46.0 Å². The number of nitrogens with one attached hydrogen (secondary N) is 1. The highest BCUT2D eigenvalue weighted by Gasteiger charge is 2.51. The van der Waals surface area contributed by atoms with E-state index in [0.29, 0.717) is 6.10 Å². The van der Waals surface area contributed by atoms with Crippen molar-refractivity contribution in [3.8, 4) is 0 Å². The molecule has 1 aliphatic heterocycles. The second-order valence-corrected chi connectivity index (χ2v) is 6.78. The van der Waals surface area contributed by atoms with E-state index >= 15 is 0 Å². The van der Waals surface area contributed by atoms with Crippen molar-refractivity contribution in [2.45, 2.75) is 51.7 Å². The molecule has 2 rings (SSSR count). The summed E-state index contributed by atoms with van der Waals surface area (Å²) in [7, 11) is 1.81. The molecule has 1 heterocycles. The quantitative estimate of drug-likeness (QED) is 0.800. The SMILES string of the molecule is COCC1(CNC(C)(C)C)CCOC1C1CC1. The molecule has 0 aromatic carbocycles. The van der Waals surface area contributed by atoms with Crippen molar-refractivity contribution in [1.82, 2.24) is 5.32 Å². The van der Waals surface area contributed by atoms with Crippen molar-refractivity contribution in [1.29, 1.82) is 0 Å². The Hall–Kier alpha value is -0.120. The summed E-state index contributed by atoms with van der Waals surface area (Å²) in [6.07, 6.45) is 4.22. The summed E-state index contributed by atoms with van der Waals surface area (Å²) in [4.78, 5) is 0. The second-order valence-electron chi connectivity index (χ2n) is 6.78. The third-order valence-electron chi connectivity index (χ3n) is 3.95. The van der Waals surface area contributed by atoms with Crippen molar-refractivity contribution < 1.29 is 9.47 Å². The monoisotopic (exact) mass is 241 g/mol. The minimum Gasteiger partial charge on any atom is -0.384 e. The average molecular weight is 241 g/mol. The lowest BCUT2D eigenvalue weighted by Gasteiger charge is -2.36. The van der Waals surface area contributed by atoms with Crippen molar-refractivity contribution in [3.05, 3.63) is 0 Å². The van der Waals surface area contributed by atoms with Crippen LogP contribution >= 0.6 is 0 Å². The Morgan fingerprint density at radius 1 is 1.35 bits per heavy atom. The maximum atomic E-state index is 5.99. The third kappa shape index (κ3) is 3.21. The van der Waals surface area contributed by atoms with Gasteiger partial charge >= 0.3 is 0 Å². The lowest BCUT2D eigenvalue weighted by atomic mass is 9.79. The summed E-state index contributed by atoms with van der Waals surface area (Å²) in [5.41, 5.74) is 0.362. The Labute approximate surface area is 105 Å². The van der Waals surface area contributed by atoms with Crippen molar-refractivity contribution in [3.63, 3.8) is 0 Å². The van der Waals surface area contributed by atoms with Gasteiger partial charge in [0.05, 0.1) is 12.7 Å². The van der Waals surface area contributed by atoms with Gasteiger partial charge in [-0.25, -0.2) is 0 Å². The minimum absolute atomic E-state index is 0.164. The van der Waals surface area contributed by atoms with E-state index in [-0.39, 0.29) is 11.0 Å². The van der Waals surface area contributed by atoms with Crippen LogP contribution < -0.4 is 5.32 Å². The summed E-state index contributed by atoms with van der Waals surface area (Å²) >= 11 is 0. The molecule has 0 aromatic rings. The first-order valence-electron chi connectivity index (χ1n) is 6.82. The molecule has 0 spiro atoms. The van der Waals surface area contributed by atoms with Crippen molar-refractivity contribution in [2.75, 3.05) is 26.9 Å². The van der Waals surface area contributed by atoms with E-state index in [1.54, 1.807) is 7.11 Å². The minimum atomic E-state index is 0.164. The topological polar surface area (TPSA) is 30.5 Å². The van der Waals surface area contributed by atoms with Crippen LogP contribution in [0.25, 0.3) is 0 Å². The van der Waals surface area contributed by atoms with Gasteiger partial charge in [0.15, 0.2) is 0 Å². The van der Waals surface area contributed by atoms with E-state index in [1.165, 1.54) is 12.8 Å². The predicted molar refractivity (Wildman–Crippen MR) is 69.1 cm³/mol. The fourth-order valence-corrected chi connectivity index (χ4v) is 2.87. The normalized spacial score (nSPS) is 34.2. The van der Waals surface area contributed by atoms with E-state index in [9.17, 15) is 0 Å². The summed E-state index contributed by atoms with van der Waals surface area (Å²) in [6.45, 7) is 9.37. The molecule has 1 N–H and O–H groups in total. The fourth-order valence-electron chi connectivity index (χ4n) is 2.87. The summed E-state index contributed by atoms with van der Waals surface area (Å²) < 4.78 is 11.5. The van der Waals surface area contributed by atoms with Crippen LogP contribution in [0.3, 0.4) is 0 Å². The Bertz CT molecular complexity index is 257. The maximum Gasteiger partial charge on any atom is 0.0694 e. The van der Waals surface area contributed by atoms with E-state index in [1.807, 2.05) is 0 Å². The van der Waals surface area contributed by atoms with E-state index in [2.05, 4.69) is 26.1 Å². The molecule has 1 aliphatic carbocycles. The molecule has 0 bridgehead atoms. The molecule has 1 saturated carbocycles. The molecule has 100 valence electrons. The van der Waals surface area contributed by atoms with Crippen LogP contribution in [0.15, 0.2) is 0 Å². The van der Waals surface area contributed by atoms with Crippen LogP contribution in [0.1, 0.15) is 40.0 Å². The van der Waals surface area contributed by atoms with Crippen LogP contribution in [-0.2, 0) is 9.47 Å². The molecular weight excluding hydrogens is 214 g/mol. The first-order chi connectivity index (χ1) is 7.97. The summed E-state index contributed by atoms with van der Waals surface area (Å²) in [6, 6.07) is 0. The molecule has 2 atom stereocenters. The molecule has 17 heavy (non-hydrogen) atoms.